The van der Waals surface area contributed by atoms with E-state index in [1.165, 1.54) is 13.0 Å². The molecule has 0 radical (unpaired) electrons. The number of carbonyl (C=O) groups is 5. The normalized spacial score (nSPS) is 19.1. The van der Waals surface area contributed by atoms with Crippen LogP contribution in [0, 0.1) is 0 Å². The van der Waals surface area contributed by atoms with Gasteiger partial charge in [0, 0.05) is 6.08 Å². The van der Waals surface area contributed by atoms with Gasteiger partial charge in [-0.25, -0.2) is 24.0 Å². The van der Waals surface area contributed by atoms with E-state index in [4.69, 9.17) is 93.5 Å². The molecule has 2 heterocycles. The zero-order valence-electron chi connectivity index (χ0n) is 82.1. The number of methoxy groups -OCH3 is 2. The molecule has 135 heavy (non-hydrogen) atoms. The molecule has 11 rings (SSSR count). The minimum Gasteiger partial charge on any atom is -0.541 e. The molecule has 0 unspecified atom stereocenters. The Bertz CT molecular complexity index is 5320. The SMILES string of the molecule is COc1ccc(C(OC[C@H]2O[C@@H](OCCc3ccc(O[Si](C)(C)C(C)(C)C)c(O[Si](C)(C)C(C)(C)C)c3)[C@H](OC(=O)COc3ccccc3)[C@@H](O[C@@H]3O[C@@H](C)[C@H](OC(=O)COc4ccccc4)[C@@H](OC(=O)COc4ccccc4)[C@H]3OC(=O)COc3ccccc3)[C@@H]2OC(=O)/C=C/c2ccc(O[Si](C)(C)C(C)(C)C)c(O[Si](C)(C)C(C)(C)C)c2)(c2ccccc2)c2ccc(OC)cc2)cc1. The van der Waals surface area contributed by atoms with E-state index in [9.17, 15) is 9.59 Å². The second-order valence-corrected chi connectivity index (χ2v) is 58.6. The van der Waals surface area contributed by atoms with Gasteiger partial charge >= 0.3 is 29.8 Å². The summed E-state index contributed by atoms with van der Waals surface area (Å²) in [5, 5.41) is -0.859. The van der Waals surface area contributed by atoms with Crippen molar-refractivity contribution in [3.63, 3.8) is 0 Å². The molecule has 0 spiro atoms. The fraction of sp³-hybridized carbons (Fsp3) is 0.425. The lowest BCUT2D eigenvalue weighted by molar-refractivity contribution is -0.360. The summed E-state index contributed by atoms with van der Waals surface area (Å²) < 4.78 is 134. The lowest BCUT2D eigenvalue weighted by atomic mass is 9.80. The van der Waals surface area contributed by atoms with Crippen LogP contribution in [0.1, 0.15) is 118 Å². The second-order valence-electron chi connectivity index (χ2n) is 39.7. The van der Waals surface area contributed by atoms with Crippen molar-refractivity contribution in [2.75, 3.05) is 53.9 Å². The first-order chi connectivity index (χ1) is 63.7. The molecule has 2 aliphatic rings. The van der Waals surface area contributed by atoms with Gasteiger partial charge in [-0.15, -0.1) is 0 Å². The molecular weight excluding hydrogens is 1790 g/mol. The van der Waals surface area contributed by atoms with Crippen LogP contribution in [0.15, 0.2) is 243 Å². The van der Waals surface area contributed by atoms with E-state index >= 15 is 14.4 Å². The van der Waals surface area contributed by atoms with Crippen LogP contribution in [-0.4, -0.2) is 178 Å². The summed E-state index contributed by atoms with van der Waals surface area (Å²) in [5.74, 6) is -0.620. The Morgan fingerprint density at radius 3 is 1.11 bits per heavy atom. The number of para-hydroxylation sites is 4. The topological polar surface area (TPSA) is 270 Å². The van der Waals surface area contributed by atoms with Crippen LogP contribution in [0.3, 0.4) is 0 Å². The summed E-state index contributed by atoms with van der Waals surface area (Å²) >= 11 is 0. The highest BCUT2D eigenvalue weighted by molar-refractivity contribution is 6.76. The van der Waals surface area contributed by atoms with Crippen molar-refractivity contribution in [3.8, 4) is 57.5 Å². The Morgan fingerprint density at radius 1 is 0.356 bits per heavy atom. The molecule has 0 saturated carbocycles. The van der Waals surface area contributed by atoms with Gasteiger partial charge in [-0.1, -0.05) is 223 Å². The molecule has 0 aromatic heterocycles. The molecule has 2 fully saturated rings. The largest absolute Gasteiger partial charge is 0.541 e. The highest BCUT2D eigenvalue weighted by Crippen LogP contribution is 2.49. The number of benzene rings is 9. The third-order valence-corrected chi connectivity index (χ3v) is 43.1. The summed E-state index contributed by atoms with van der Waals surface area (Å²) in [7, 11) is -7.08. The molecule has 9 aromatic rings. The maximum atomic E-state index is 16.1. The second kappa shape index (κ2) is 45.1. The first kappa shape index (κ1) is 104. The molecule has 10 atom stereocenters. The third-order valence-electron chi connectivity index (χ3n) is 25.7. The number of carbonyl (C=O) groups excluding carboxylic acids is 5. The lowest BCUT2D eigenvalue weighted by Crippen LogP contribution is -2.67. The minimum atomic E-state index is -2.62. The van der Waals surface area contributed by atoms with E-state index in [1.54, 1.807) is 142 Å². The van der Waals surface area contributed by atoms with Crippen LogP contribution in [0.2, 0.25) is 72.5 Å². The molecule has 0 aliphatic carbocycles. The molecule has 29 heteroatoms. The predicted molar refractivity (Wildman–Crippen MR) is 526 cm³/mol. The Labute approximate surface area is 799 Å². The monoisotopic (exact) mass is 1920 g/mol. The van der Waals surface area contributed by atoms with Crippen molar-refractivity contribution >= 4 is 69.2 Å². The molecule has 0 N–H and O–H groups in total. The van der Waals surface area contributed by atoms with E-state index in [1.807, 2.05) is 115 Å². The smallest absolute Gasteiger partial charge is 0.344 e. The van der Waals surface area contributed by atoms with Gasteiger partial charge in [0.25, 0.3) is 33.3 Å². The van der Waals surface area contributed by atoms with Gasteiger partial charge in [-0.3, -0.25) is 0 Å². The van der Waals surface area contributed by atoms with Gasteiger partial charge in [-0.2, -0.15) is 0 Å². The molecule has 25 nitrogen and oxygen atoms in total. The van der Waals surface area contributed by atoms with Crippen molar-refractivity contribution in [2.45, 2.75) is 236 Å². The average molecular weight is 1920 g/mol. The van der Waals surface area contributed by atoms with Crippen LogP contribution in [0.4, 0.5) is 0 Å². The number of esters is 5. The average Bonchev–Trinajstić information content (AvgIpc) is 0.744. The maximum Gasteiger partial charge on any atom is 0.344 e. The third kappa shape index (κ3) is 27.8. The van der Waals surface area contributed by atoms with Crippen LogP contribution in [0.25, 0.3) is 6.08 Å². The van der Waals surface area contributed by atoms with Crippen molar-refractivity contribution in [1.82, 2.24) is 0 Å². The summed E-state index contributed by atoms with van der Waals surface area (Å²) in [5.41, 5.74) is 1.45. The van der Waals surface area contributed by atoms with E-state index in [2.05, 4.69) is 135 Å². The molecule has 9 aromatic carbocycles. The van der Waals surface area contributed by atoms with Crippen LogP contribution < -0.4 is 46.1 Å². The predicted octanol–water partition coefficient (Wildman–Crippen LogP) is 21.3. The summed E-state index contributed by atoms with van der Waals surface area (Å²) in [6.07, 6.45) is -15.2. The number of ether oxygens (including phenoxy) is 16. The fourth-order valence-corrected chi connectivity index (χ4v) is 18.0. The zero-order chi connectivity index (χ0) is 97.9. The van der Waals surface area contributed by atoms with Gasteiger partial charge in [-0.05, 0) is 217 Å². The van der Waals surface area contributed by atoms with Crippen molar-refractivity contribution < 1.29 is 117 Å². The van der Waals surface area contributed by atoms with Crippen LogP contribution >= 0.6 is 0 Å². The summed E-state index contributed by atoms with van der Waals surface area (Å²) in [6.45, 7) is 41.2. The Morgan fingerprint density at radius 2 is 0.711 bits per heavy atom. The minimum absolute atomic E-state index is 0.156. The van der Waals surface area contributed by atoms with E-state index < -0.39 is 163 Å². The number of hydrogen-bond donors (Lipinski definition) is 0. The van der Waals surface area contributed by atoms with Crippen molar-refractivity contribution in [1.29, 1.82) is 0 Å². The quantitative estimate of drug-likeness (QED) is 0.0113. The zero-order valence-corrected chi connectivity index (χ0v) is 86.1. The Hall–Kier alpha value is -11.3. The molecule has 2 saturated heterocycles. The Kier molecular flexibility index (Phi) is 34.8. The van der Waals surface area contributed by atoms with Crippen molar-refractivity contribution in [2.24, 2.45) is 0 Å². The van der Waals surface area contributed by atoms with E-state index in [-0.39, 0.29) is 38.9 Å². The lowest BCUT2D eigenvalue weighted by Gasteiger charge is -2.49. The van der Waals surface area contributed by atoms with E-state index in [0.29, 0.717) is 74.0 Å². The van der Waals surface area contributed by atoms with Crippen LogP contribution in [0.5, 0.6) is 57.5 Å². The van der Waals surface area contributed by atoms with E-state index in [0.717, 1.165) is 5.56 Å². The van der Waals surface area contributed by atoms with Gasteiger partial charge in [0.05, 0.1) is 33.5 Å². The molecule has 2 aliphatic heterocycles. The molecule has 724 valence electrons. The van der Waals surface area contributed by atoms with Gasteiger partial charge in [0.15, 0.2) is 69.5 Å². The summed E-state index contributed by atoms with van der Waals surface area (Å²) in [6, 6.07) is 69.6. The molecule has 0 bridgehead atoms. The first-order valence-corrected chi connectivity index (χ1v) is 57.4. The highest BCUT2D eigenvalue weighted by atomic mass is 28.4. The van der Waals surface area contributed by atoms with Crippen molar-refractivity contribution in [3.05, 3.63) is 270 Å². The Balaban J connectivity index is 1.14. The van der Waals surface area contributed by atoms with Gasteiger partial charge in [0.2, 0.25) is 0 Å². The fourth-order valence-electron chi connectivity index (χ4n) is 13.9. The number of hydrogen-bond acceptors (Lipinski definition) is 25. The standard InChI is InChI=1S/C106H134O25Si4/c1-72-94(123-90(108)68-115-80-41-31-25-32-42-80)96(124-91(109)69-116-81-43-33-26-34-44-81)99(126-93(111)71-118-83-47-37-28-38-48-83)101(120-72)127-97-95(122-89(107)62-51-73-49-60-84(128-132(16,17)102(2,3)4)86(65-73)130-134(20,21)104(8,9)10)88(67-119-106(75-39-29-24-30-40-75,76-52-56-78(112-14)57-53-76)77-54-58-79(113-15)59-55-77)121-100(98(97)125-92(110)70-117-82-45-35-27-36-46-82)114-64-63-74-50-61-85(129-133(18,19)103(5,6)7)87(66-74)131-135(22,23)105(11,12)13/h24-62,65-66,72,88,94-101H,63-64,67-71H2,1-23H3/b62-51+/t72-,88+,94-,95+,96+,97-,98+,99+,100+,101-/m0/s1. The highest BCUT2D eigenvalue weighted by Gasteiger charge is 2.59. The first-order valence-electron chi connectivity index (χ1n) is 45.7. The van der Waals surface area contributed by atoms with Gasteiger partial charge in [0.1, 0.15) is 75.3 Å². The molecule has 0 amide bonds. The summed E-state index contributed by atoms with van der Waals surface area (Å²) in [4.78, 5) is 76.3. The van der Waals surface area contributed by atoms with Crippen LogP contribution in [-0.2, 0) is 83.4 Å². The maximum absolute atomic E-state index is 16.1. The molecular formula is C106H134O25Si4. The van der Waals surface area contributed by atoms with Gasteiger partial charge < -0.3 is 93.5 Å². The number of rotatable bonds is 41.